The number of hydrogen-bond donors (Lipinski definition) is 0. The molecule has 0 aliphatic heterocycles. The first-order chi connectivity index (χ1) is 7.29. The van der Waals surface area contributed by atoms with Crippen LogP contribution in [0.3, 0.4) is 0 Å². The molecule has 0 spiro atoms. The van der Waals surface area contributed by atoms with E-state index in [4.69, 9.17) is 0 Å². The molecule has 0 atom stereocenters. The van der Waals surface area contributed by atoms with Crippen molar-refractivity contribution >= 4 is 11.8 Å². The summed E-state index contributed by atoms with van der Waals surface area (Å²) in [6, 6.07) is 7.37. The van der Waals surface area contributed by atoms with Gasteiger partial charge in [0.2, 0.25) is 6.08 Å². The van der Waals surface area contributed by atoms with Gasteiger partial charge in [-0.3, -0.25) is 4.68 Å². The molecule has 0 saturated heterocycles. The number of carbonyl (C=O) groups excluding carboxylic acids is 1. The van der Waals surface area contributed by atoms with Gasteiger partial charge in [0.15, 0.2) is 0 Å². The smallest absolute Gasteiger partial charge is 0.240 e. The molecule has 74 valence electrons. The van der Waals surface area contributed by atoms with E-state index in [1.54, 1.807) is 16.9 Å². The number of rotatable bonds is 2. The Labute approximate surface area is 86.9 Å². The molecule has 0 bridgehead atoms. The maximum absolute atomic E-state index is 10.1. The van der Waals surface area contributed by atoms with E-state index in [1.165, 1.54) is 6.08 Å². The minimum atomic E-state index is 0.603. The van der Waals surface area contributed by atoms with Crippen molar-refractivity contribution in [1.82, 2.24) is 9.78 Å². The van der Waals surface area contributed by atoms with E-state index in [-0.39, 0.29) is 0 Å². The first-order valence-electron chi connectivity index (χ1n) is 4.46. The Morgan fingerprint density at radius 2 is 2.27 bits per heavy atom. The lowest BCUT2D eigenvalue weighted by Crippen LogP contribution is -1.84. The molecule has 0 aliphatic carbocycles. The first kappa shape index (κ1) is 9.37. The molecular formula is C11H9N3O. The van der Waals surface area contributed by atoms with E-state index in [0.717, 1.165) is 11.1 Å². The van der Waals surface area contributed by atoms with Crippen LogP contribution in [0.2, 0.25) is 0 Å². The van der Waals surface area contributed by atoms with Crippen LogP contribution in [0.25, 0.3) is 11.1 Å². The third-order valence-electron chi connectivity index (χ3n) is 2.06. The zero-order chi connectivity index (χ0) is 10.7. The number of hydrogen-bond acceptors (Lipinski definition) is 3. The van der Waals surface area contributed by atoms with Gasteiger partial charge in [-0.15, -0.1) is 0 Å². The number of aryl methyl sites for hydroxylation is 1. The molecule has 1 aromatic carbocycles. The number of nitrogens with zero attached hydrogens (tertiary/aromatic N) is 3. The molecule has 0 aliphatic rings. The monoisotopic (exact) mass is 199 g/mol. The zero-order valence-corrected chi connectivity index (χ0v) is 8.21. The first-order valence-corrected chi connectivity index (χ1v) is 4.46. The van der Waals surface area contributed by atoms with Gasteiger partial charge in [-0.1, -0.05) is 12.1 Å². The molecule has 0 N–H and O–H groups in total. The maximum atomic E-state index is 10.1. The normalized spacial score (nSPS) is 9.67. The number of isocyanates is 1. The Morgan fingerprint density at radius 1 is 1.40 bits per heavy atom. The van der Waals surface area contributed by atoms with Crippen LogP contribution in [-0.2, 0) is 11.8 Å². The van der Waals surface area contributed by atoms with Crippen LogP contribution in [0.5, 0.6) is 0 Å². The lowest BCUT2D eigenvalue weighted by molar-refractivity contribution is 0.565. The highest BCUT2D eigenvalue weighted by molar-refractivity contribution is 5.66. The average molecular weight is 199 g/mol. The van der Waals surface area contributed by atoms with Crippen LogP contribution < -0.4 is 0 Å². The topological polar surface area (TPSA) is 47.2 Å². The van der Waals surface area contributed by atoms with Gasteiger partial charge >= 0.3 is 0 Å². The molecule has 2 rings (SSSR count). The van der Waals surface area contributed by atoms with Crippen LogP contribution >= 0.6 is 0 Å². The molecule has 2 aromatic rings. The van der Waals surface area contributed by atoms with E-state index >= 15 is 0 Å². The van der Waals surface area contributed by atoms with Crippen molar-refractivity contribution in [2.24, 2.45) is 12.0 Å². The summed E-state index contributed by atoms with van der Waals surface area (Å²) in [5, 5.41) is 4.08. The summed E-state index contributed by atoms with van der Waals surface area (Å²) < 4.78 is 1.73. The molecule has 0 amide bonds. The molecule has 4 heteroatoms. The Bertz CT molecular complexity index is 524. The van der Waals surface area contributed by atoms with Crippen molar-refractivity contribution in [2.75, 3.05) is 0 Å². The predicted octanol–water partition coefficient (Wildman–Crippen LogP) is 2.05. The zero-order valence-electron chi connectivity index (χ0n) is 8.21. The van der Waals surface area contributed by atoms with Crippen LogP contribution in [0.4, 0.5) is 5.69 Å². The number of aromatic nitrogens is 2. The molecule has 0 unspecified atom stereocenters. The molecule has 1 aromatic heterocycles. The van der Waals surface area contributed by atoms with Crippen LogP contribution in [0.1, 0.15) is 0 Å². The van der Waals surface area contributed by atoms with Gasteiger partial charge in [0.1, 0.15) is 0 Å². The summed E-state index contributed by atoms with van der Waals surface area (Å²) >= 11 is 0. The van der Waals surface area contributed by atoms with Crippen molar-refractivity contribution in [3.8, 4) is 11.1 Å². The van der Waals surface area contributed by atoms with E-state index in [9.17, 15) is 4.79 Å². The lowest BCUT2D eigenvalue weighted by atomic mass is 10.1. The molecule has 4 nitrogen and oxygen atoms in total. The lowest BCUT2D eigenvalue weighted by Gasteiger charge is -1.97. The Hall–Kier alpha value is -2.19. The number of aliphatic imine (C=N–C) groups is 1. The highest BCUT2D eigenvalue weighted by Crippen LogP contribution is 2.22. The molecule has 1 heterocycles. The van der Waals surface area contributed by atoms with E-state index in [0.29, 0.717) is 5.69 Å². The quantitative estimate of drug-likeness (QED) is 0.549. The summed E-state index contributed by atoms with van der Waals surface area (Å²) in [5.74, 6) is 0. The van der Waals surface area contributed by atoms with E-state index in [1.807, 2.05) is 31.4 Å². The summed E-state index contributed by atoms with van der Waals surface area (Å²) in [7, 11) is 1.86. The average Bonchev–Trinajstić information content (AvgIpc) is 2.66. The molecule has 0 fully saturated rings. The highest BCUT2D eigenvalue weighted by atomic mass is 16.1. The minimum Gasteiger partial charge on any atom is -0.275 e. The Balaban J connectivity index is 2.44. The van der Waals surface area contributed by atoms with Crippen LogP contribution in [0.15, 0.2) is 41.7 Å². The van der Waals surface area contributed by atoms with Gasteiger partial charge in [0, 0.05) is 18.8 Å². The third-order valence-corrected chi connectivity index (χ3v) is 2.06. The molecule has 0 saturated carbocycles. The summed E-state index contributed by atoms with van der Waals surface area (Å²) in [6.07, 6.45) is 5.20. The summed E-state index contributed by atoms with van der Waals surface area (Å²) in [6.45, 7) is 0. The summed E-state index contributed by atoms with van der Waals surface area (Å²) in [5.41, 5.74) is 2.59. The SMILES string of the molecule is Cn1cc(-c2cccc(N=C=O)c2)cn1. The summed E-state index contributed by atoms with van der Waals surface area (Å²) in [4.78, 5) is 13.7. The largest absolute Gasteiger partial charge is 0.275 e. The van der Waals surface area contributed by atoms with Crippen LogP contribution in [-0.4, -0.2) is 15.9 Å². The third kappa shape index (κ3) is 2.00. The van der Waals surface area contributed by atoms with E-state index < -0.39 is 0 Å². The molecular weight excluding hydrogens is 190 g/mol. The second kappa shape index (κ2) is 3.90. The fraction of sp³-hybridized carbons (Fsp3) is 0.0909. The van der Waals surface area contributed by atoms with Gasteiger partial charge in [-0.2, -0.15) is 10.1 Å². The van der Waals surface area contributed by atoms with Crippen LogP contribution in [0, 0.1) is 0 Å². The minimum absolute atomic E-state index is 0.603. The Morgan fingerprint density at radius 3 is 2.93 bits per heavy atom. The second-order valence-corrected chi connectivity index (χ2v) is 3.16. The van der Waals surface area contributed by atoms with Gasteiger partial charge in [-0.05, 0) is 17.7 Å². The van der Waals surface area contributed by atoms with E-state index in [2.05, 4.69) is 10.1 Å². The van der Waals surface area contributed by atoms with Gasteiger partial charge in [0.25, 0.3) is 0 Å². The second-order valence-electron chi connectivity index (χ2n) is 3.16. The number of benzene rings is 1. The van der Waals surface area contributed by atoms with Crippen molar-refractivity contribution in [2.45, 2.75) is 0 Å². The van der Waals surface area contributed by atoms with Gasteiger partial charge in [-0.25, -0.2) is 4.79 Å². The molecule has 15 heavy (non-hydrogen) atoms. The van der Waals surface area contributed by atoms with Crippen molar-refractivity contribution < 1.29 is 4.79 Å². The molecule has 0 radical (unpaired) electrons. The maximum Gasteiger partial charge on any atom is 0.240 e. The highest BCUT2D eigenvalue weighted by Gasteiger charge is 2.00. The fourth-order valence-electron chi connectivity index (χ4n) is 1.38. The van der Waals surface area contributed by atoms with Crippen molar-refractivity contribution in [3.05, 3.63) is 36.7 Å². The standard InChI is InChI=1S/C11H9N3O/c1-14-7-10(6-13-14)9-3-2-4-11(5-9)12-8-15/h2-7H,1H3. The van der Waals surface area contributed by atoms with Gasteiger partial charge in [0.05, 0.1) is 11.9 Å². The fourth-order valence-corrected chi connectivity index (χ4v) is 1.38. The van der Waals surface area contributed by atoms with Gasteiger partial charge < -0.3 is 0 Å². The van der Waals surface area contributed by atoms with Crippen molar-refractivity contribution in [3.63, 3.8) is 0 Å². The predicted molar refractivity (Wildman–Crippen MR) is 56.4 cm³/mol. The Kier molecular flexibility index (Phi) is 2.44. The van der Waals surface area contributed by atoms with Crippen molar-refractivity contribution in [1.29, 1.82) is 0 Å².